The molecule has 0 bridgehead atoms. The van der Waals surface area contributed by atoms with Gasteiger partial charge in [0.15, 0.2) is 0 Å². The monoisotopic (exact) mass is 329 g/mol. The summed E-state index contributed by atoms with van der Waals surface area (Å²) < 4.78 is 0. The molecular formula is C22H35NO. The van der Waals surface area contributed by atoms with Crippen LogP contribution in [0.5, 0.6) is 0 Å². The second-order valence-electron chi connectivity index (χ2n) is 8.96. The van der Waals surface area contributed by atoms with Crippen LogP contribution in [0.25, 0.3) is 0 Å². The van der Waals surface area contributed by atoms with E-state index in [9.17, 15) is 5.11 Å². The first kappa shape index (κ1) is 17.9. The lowest BCUT2D eigenvalue weighted by Gasteiger charge is -2.48. The largest absolute Gasteiger partial charge is 0.384 e. The molecule has 1 fully saturated rings. The summed E-state index contributed by atoms with van der Waals surface area (Å²) in [6.45, 7) is 13.5. The van der Waals surface area contributed by atoms with Crippen molar-refractivity contribution >= 4 is 0 Å². The molecule has 2 heteroatoms. The summed E-state index contributed by atoms with van der Waals surface area (Å²) in [6.07, 6.45) is 5.82. The Morgan fingerprint density at radius 1 is 1.33 bits per heavy atom. The molecule has 1 heterocycles. The maximum absolute atomic E-state index is 12.0. The average Bonchev–Trinajstić information content (AvgIpc) is 2.75. The normalized spacial score (nSPS) is 31.0. The number of rotatable bonds is 4. The van der Waals surface area contributed by atoms with Crippen molar-refractivity contribution in [2.24, 2.45) is 11.3 Å². The molecule has 134 valence electrons. The van der Waals surface area contributed by atoms with Gasteiger partial charge in [-0.25, -0.2) is 0 Å². The highest BCUT2D eigenvalue weighted by Crippen LogP contribution is 2.55. The molecule has 1 aliphatic carbocycles. The van der Waals surface area contributed by atoms with Gasteiger partial charge in [0, 0.05) is 23.9 Å². The second-order valence-corrected chi connectivity index (χ2v) is 8.96. The predicted octanol–water partition coefficient (Wildman–Crippen LogP) is 4.67. The second kappa shape index (κ2) is 6.46. The SMILES string of the molecule is CCCC(C)N1CCCC(C2(O)c3cc(C)ccc3CC2(C)C)C1. The fourth-order valence-electron chi connectivity index (χ4n) is 5.30. The molecule has 0 spiro atoms. The first-order valence-corrected chi connectivity index (χ1v) is 9.86. The Kier molecular flexibility index (Phi) is 4.83. The Bertz CT molecular complexity index is 594. The number of hydrogen-bond donors (Lipinski definition) is 1. The molecule has 0 aromatic heterocycles. The Balaban J connectivity index is 1.93. The van der Waals surface area contributed by atoms with Crippen LogP contribution in [0.4, 0.5) is 0 Å². The smallest absolute Gasteiger partial charge is 0.0993 e. The number of hydrogen-bond acceptors (Lipinski definition) is 2. The van der Waals surface area contributed by atoms with E-state index in [1.165, 1.54) is 42.5 Å². The van der Waals surface area contributed by atoms with Gasteiger partial charge in [-0.15, -0.1) is 0 Å². The van der Waals surface area contributed by atoms with Crippen molar-refractivity contribution < 1.29 is 5.11 Å². The molecule has 1 saturated heterocycles. The highest BCUT2D eigenvalue weighted by atomic mass is 16.3. The summed E-state index contributed by atoms with van der Waals surface area (Å²) in [5, 5.41) is 12.0. The zero-order valence-electron chi connectivity index (χ0n) is 16.2. The molecule has 24 heavy (non-hydrogen) atoms. The fraction of sp³-hybridized carbons (Fsp3) is 0.727. The van der Waals surface area contributed by atoms with Gasteiger partial charge < -0.3 is 10.0 Å². The molecule has 3 atom stereocenters. The number of likely N-dealkylation sites (tertiary alicyclic amines) is 1. The molecule has 1 N–H and O–H groups in total. The van der Waals surface area contributed by atoms with Crippen LogP contribution >= 0.6 is 0 Å². The van der Waals surface area contributed by atoms with E-state index in [1.807, 2.05) is 0 Å². The molecule has 0 radical (unpaired) electrons. The molecule has 1 aromatic carbocycles. The summed E-state index contributed by atoms with van der Waals surface area (Å²) in [4.78, 5) is 2.62. The van der Waals surface area contributed by atoms with E-state index in [4.69, 9.17) is 0 Å². The number of fused-ring (bicyclic) bond motifs is 1. The predicted molar refractivity (Wildman–Crippen MR) is 101 cm³/mol. The van der Waals surface area contributed by atoms with Crippen LogP contribution in [0.1, 0.15) is 70.1 Å². The molecule has 0 amide bonds. The first-order valence-electron chi connectivity index (χ1n) is 9.86. The van der Waals surface area contributed by atoms with Crippen LogP contribution < -0.4 is 0 Å². The van der Waals surface area contributed by atoms with Crippen LogP contribution in [0.2, 0.25) is 0 Å². The fourth-order valence-corrected chi connectivity index (χ4v) is 5.30. The van der Waals surface area contributed by atoms with Crippen molar-refractivity contribution in [3.8, 4) is 0 Å². The Morgan fingerprint density at radius 2 is 2.08 bits per heavy atom. The molecule has 2 aliphatic rings. The summed E-state index contributed by atoms with van der Waals surface area (Å²) in [6, 6.07) is 7.31. The summed E-state index contributed by atoms with van der Waals surface area (Å²) in [5.41, 5.74) is 3.04. The Hall–Kier alpha value is -0.860. The third kappa shape index (κ3) is 2.82. The van der Waals surface area contributed by atoms with Gasteiger partial charge in [0.2, 0.25) is 0 Å². The Morgan fingerprint density at radius 3 is 2.79 bits per heavy atom. The molecule has 3 unspecified atom stereocenters. The van der Waals surface area contributed by atoms with Gasteiger partial charge >= 0.3 is 0 Å². The van der Waals surface area contributed by atoms with E-state index in [2.05, 4.69) is 57.7 Å². The number of piperidine rings is 1. The van der Waals surface area contributed by atoms with Crippen LogP contribution in [0.15, 0.2) is 18.2 Å². The van der Waals surface area contributed by atoms with E-state index in [1.54, 1.807) is 0 Å². The van der Waals surface area contributed by atoms with Crippen molar-refractivity contribution in [2.45, 2.75) is 78.4 Å². The van der Waals surface area contributed by atoms with E-state index in [-0.39, 0.29) is 5.41 Å². The topological polar surface area (TPSA) is 23.5 Å². The van der Waals surface area contributed by atoms with Gasteiger partial charge in [-0.1, -0.05) is 51.0 Å². The van der Waals surface area contributed by atoms with E-state index in [0.29, 0.717) is 12.0 Å². The summed E-state index contributed by atoms with van der Waals surface area (Å²) >= 11 is 0. The van der Waals surface area contributed by atoms with E-state index >= 15 is 0 Å². The molecular weight excluding hydrogens is 294 g/mol. The van der Waals surface area contributed by atoms with Crippen LogP contribution in [-0.4, -0.2) is 29.1 Å². The first-order chi connectivity index (χ1) is 11.3. The lowest BCUT2D eigenvalue weighted by molar-refractivity contribution is -0.128. The van der Waals surface area contributed by atoms with Crippen molar-refractivity contribution in [3.05, 3.63) is 34.9 Å². The zero-order chi connectivity index (χ0) is 17.5. The van der Waals surface area contributed by atoms with Crippen molar-refractivity contribution in [3.63, 3.8) is 0 Å². The van der Waals surface area contributed by atoms with Crippen LogP contribution in [0.3, 0.4) is 0 Å². The molecule has 1 aromatic rings. The highest BCUT2D eigenvalue weighted by molar-refractivity contribution is 5.43. The van der Waals surface area contributed by atoms with E-state index in [0.717, 1.165) is 19.4 Å². The van der Waals surface area contributed by atoms with Crippen LogP contribution in [-0.2, 0) is 12.0 Å². The number of aryl methyl sites for hydroxylation is 1. The minimum Gasteiger partial charge on any atom is -0.384 e. The standard InChI is InChI=1S/C22H35NO/c1-6-8-17(3)23-12-7-9-19(15-23)22(24)20-13-16(2)10-11-18(20)14-21(22,4)5/h10-11,13,17,19,24H,6-9,12,14-15H2,1-5H3. The van der Waals surface area contributed by atoms with Crippen molar-refractivity contribution in [2.75, 3.05) is 13.1 Å². The van der Waals surface area contributed by atoms with Crippen molar-refractivity contribution in [1.29, 1.82) is 0 Å². The number of benzene rings is 1. The highest BCUT2D eigenvalue weighted by Gasteiger charge is 2.56. The van der Waals surface area contributed by atoms with Gasteiger partial charge in [0.05, 0.1) is 5.60 Å². The molecule has 1 aliphatic heterocycles. The summed E-state index contributed by atoms with van der Waals surface area (Å²) in [5.74, 6) is 0.337. The third-order valence-electron chi connectivity index (χ3n) is 6.71. The van der Waals surface area contributed by atoms with Crippen LogP contribution in [0, 0.1) is 18.3 Å². The van der Waals surface area contributed by atoms with E-state index < -0.39 is 5.60 Å². The zero-order valence-corrected chi connectivity index (χ0v) is 16.2. The maximum Gasteiger partial charge on any atom is 0.0993 e. The third-order valence-corrected chi connectivity index (χ3v) is 6.71. The molecule has 3 rings (SSSR count). The van der Waals surface area contributed by atoms with Gasteiger partial charge in [0.1, 0.15) is 0 Å². The number of nitrogens with zero attached hydrogens (tertiary/aromatic N) is 1. The van der Waals surface area contributed by atoms with Gasteiger partial charge in [-0.05, 0) is 57.2 Å². The number of aliphatic hydroxyl groups is 1. The minimum atomic E-state index is -0.695. The quantitative estimate of drug-likeness (QED) is 0.868. The molecule has 0 saturated carbocycles. The minimum absolute atomic E-state index is 0.0925. The lowest BCUT2D eigenvalue weighted by atomic mass is 9.65. The van der Waals surface area contributed by atoms with Gasteiger partial charge in [-0.3, -0.25) is 0 Å². The van der Waals surface area contributed by atoms with Crippen molar-refractivity contribution in [1.82, 2.24) is 4.90 Å². The summed E-state index contributed by atoms with van der Waals surface area (Å²) in [7, 11) is 0. The molecule has 2 nitrogen and oxygen atoms in total. The lowest BCUT2D eigenvalue weighted by Crippen LogP contribution is -2.53. The van der Waals surface area contributed by atoms with Gasteiger partial charge in [-0.2, -0.15) is 0 Å². The Labute approximate surface area is 148 Å². The maximum atomic E-state index is 12.0. The average molecular weight is 330 g/mol. The van der Waals surface area contributed by atoms with Gasteiger partial charge in [0.25, 0.3) is 0 Å².